The highest BCUT2D eigenvalue weighted by Crippen LogP contribution is 2.19. The molecule has 4 heteroatoms. The second-order valence-corrected chi connectivity index (χ2v) is 5.14. The number of thioether (sulfide) groups is 1. The van der Waals surface area contributed by atoms with Crippen molar-refractivity contribution in [3.05, 3.63) is 65.7 Å². The van der Waals surface area contributed by atoms with Crippen molar-refractivity contribution in [3.8, 4) is 0 Å². The molecule has 0 heterocycles. The third-order valence-electron chi connectivity index (χ3n) is 2.51. The van der Waals surface area contributed by atoms with Crippen LogP contribution in [0.1, 0.15) is 5.56 Å². The van der Waals surface area contributed by atoms with E-state index in [1.54, 1.807) is 24.3 Å². The van der Waals surface area contributed by atoms with Crippen LogP contribution in [0.25, 0.3) is 0 Å². The van der Waals surface area contributed by atoms with Crippen LogP contribution in [0.15, 0.2) is 53.4 Å². The molecule has 2 aromatic carbocycles. The van der Waals surface area contributed by atoms with Crippen molar-refractivity contribution in [2.24, 2.45) is 0 Å². The maximum atomic E-state index is 12.9. The van der Waals surface area contributed by atoms with Gasteiger partial charge in [0.2, 0.25) is 0 Å². The van der Waals surface area contributed by atoms with Crippen molar-refractivity contribution >= 4 is 17.5 Å². The van der Waals surface area contributed by atoms with E-state index in [0.29, 0.717) is 0 Å². The lowest BCUT2D eigenvalue weighted by Crippen LogP contribution is -2.05. The van der Waals surface area contributed by atoms with Gasteiger partial charge in [-0.15, -0.1) is 11.8 Å². The van der Waals surface area contributed by atoms with Crippen LogP contribution in [-0.4, -0.2) is 11.5 Å². The van der Waals surface area contributed by atoms with E-state index >= 15 is 0 Å². The minimum absolute atomic E-state index is 0.0286. The number of carbonyl (C=O) groups is 1. The normalized spacial score (nSPS) is 10.4. The molecule has 0 spiro atoms. The molecule has 0 unspecified atom stereocenters. The van der Waals surface area contributed by atoms with Crippen LogP contribution in [-0.2, 0) is 11.2 Å². The molecule has 0 aliphatic heterocycles. The Hall–Kier alpha value is -1.68. The van der Waals surface area contributed by atoms with Gasteiger partial charge in [0, 0.05) is 11.3 Å². The van der Waals surface area contributed by atoms with Gasteiger partial charge in [-0.1, -0.05) is 18.2 Å². The van der Waals surface area contributed by atoms with Crippen LogP contribution >= 0.6 is 11.8 Å². The molecular formula is C15H12F2OS. The summed E-state index contributed by atoms with van der Waals surface area (Å²) in [6, 6.07) is 12.0. The van der Waals surface area contributed by atoms with Crippen molar-refractivity contribution in [2.45, 2.75) is 11.3 Å². The Kier molecular flexibility index (Phi) is 4.68. The zero-order chi connectivity index (χ0) is 13.7. The number of rotatable bonds is 5. The summed E-state index contributed by atoms with van der Waals surface area (Å²) in [6.07, 6.45) is 0.266. The minimum Gasteiger partial charge on any atom is -0.298 e. The molecule has 0 radical (unpaired) electrons. The van der Waals surface area contributed by atoms with Crippen LogP contribution < -0.4 is 0 Å². The number of ketones is 1. The van der Waals surface area contributed by atoms with Crippen molar-refractivity contribution < 1.29 is 13.6 Å². The lowest BCUT2D eigenvalue weighted by atomic mass is 10.1. The number of halogens is 2. The van der Waals surface area contributed by atoms with Gasteiger partial charge in [-0.2, -0.15) is 0 Å². The molecular weight excluding hydrogens is 266 g/mol. The first-order chi connectivity index (χ1) is 9.13. The van der Waals surface area contributed by atoms with E-state index in [1.165, 1.54) is 36.0 Å². The fourth-order valence-electron chi connectivity index (χ4n) is 1.60. The van der Waals surface area contributed by atoms with E-state index in [0.717, 1.165) is 10.5 Å². The fourth-order valence-corrected chi connectivity index (χ4v) is 2.40. The molecule has 0 fully saturated rings. The van der Waals surface area contributed by atoms with Gasteiger partial charge in [-0.25, -0.2) is 8.78 Å². The summed E-state index contributed by atoms with van der Waals surface area (Å²) in [7, 11) is 0. The summed E-state index contributed by atoms with van der Waals surface area (Å²) < 4.78 is 25.6. The van der Waals surface area contributed by atoms with Gasteiger partial charge in [-0.05, 0) is 35.9 Å². The van der Waals surface area contributed by atoms with Crippen molar-refractivity contribution in [2.75, 3.05) is 5.75 Å². The molecule has 0 atom stereocenters. The molecule has 2 rings (SSSR count). The molecule has 98 valence electrons. The predicted molar refractivity (Wildman–Crippen MR) is 72.2 cm³/mol. The Balaban J connectivity index is 1.86. The highest BCUT2D eigenvalue weighted by Gasteiger charge is 2.05. The van der Waals surface area contributed by atoms with Crippen molar-refractivity contribution in [3.63, 3.8) is 0 Å². The van der Waals surface area contributed by atoms with E-state index in [9.17, 15) is 13.6 Å². The molecule has 0 saturated heterocycles. The molecule has 0 aliphatic rings. The molecule has 1 nitrogen and oxygen atoms in total. The second kappa shape index (κ2) is 6.48. The smallest absolute Gasteiger partial charge is 0.147 e. The minimum atomic E-state index is -0.315. The molecule has 0 amide bonds. The fraction of sp³-hybridized carbons (Fsp3) is 0.133. The quantitative estimate of drug-likeness (QED) is 0.772. The standard InChI is InChI=1S/C15H12F2OS/c16-12-6-4-11(5-7-12)8-14(18)10-19-15-3-1-2-13(17)9-15/h1-7,9H,8,10H2. The summed E-state index contributed by atoms with van der Waals surface area (Å²) in [4.78, 5) is 12.5. The summed E-state index contributed by atoms with van der Waals surface area (Å²) in [5, 5.41) is 0. The molecule has 0 bridgehead atoms. The molecule has 19 heavy (non-hydrogen) atoms. The van der Waals surface area contributed by atoms with Gasteiger partial charge in [0.1, 0.15) is 17.4 Å². The Bertz CT molecular complexity index is 567. The zero-order valence-electron chi connectivity index (χ0n) is 10.1. The van der Waals surface area contributed by atoms with Gasteiger partial charge in [0.25, 0.3) is 0 Å². The summed E-state index contributed by atoms with van der Waals surface area (Å²) in [6.45, 7) is 0. The van der Waals surface area contributed by atoms with Crippen molar-refractivity contribution in [1.29, 1.82) is 0 Å². The van der Waals surface area contributed by atoms with E-state index in [1.807, 2.05) is 0 Å². The van der Waals surface area contributed by atoms with E-state index < -0.39 is 0 Å². The van der Waals surface area contributed by atoms with Crippen molar-refractivity contribution in [1.82, 2.24) is 0 Å². The summed E-state index contributed by atoms with van der Waals surface area (Å²) >= 11 is 1.30. The molecule has 2 aromatic rings. The van der Waals surface area contributed by atoms with Gasteiger partial charge in [-0.3, -0.25) is 4.79 Å². The van der Waals surface area contributed by atoms with E-state index in [4.69, 9.17) is 0 Å². The van der Waals surface area contributed by atoms with Gasteiger partial charge in [0.05, 0.1) is 5.75 Å². The second-order valence-electron chi connectivity index (χ2n) is 4.09. The monoisotopic (exact) mass is 278 g/mol. The van der Waals surface area contributed by atoms with Crippen LogP contribution in [0.5, 0.6) is 0 Å². The number of hydrogen-bond acceptors (Lipinski definition) is 2. The van der Waals surface area contributed by atoms with Gasteiger partial charge < -0.3 is 0 Å². The van der Waals surface area contributed by atoms with E-state index in [2.05, 4.69) is 0 Å². The topological polar surface area (TPSA) is 17.1 Å². The first-order valence-corrected chi connectivity index (χ1v) is 6.76. The number of benzene rings is 2. The lowest BCUT2D eigenvalue weighted by Gasteiger charge is -2.02. The molecule has 0 N–H and O–H groups in total. The molecule has 0 aliphatic carbocycles. The third-order valence-corrected chi connectivity index (χ3v) is 3.56. The maximum absolute atomic E-state index is 12.9. The Morgan fingerprint density at radius 1 is 1.00 bits per heavy atom. The lowest BCUT2D eigenvalue weighted by molar-refractivity contribution is -0.116. The Morgan fingerprint density at radius 2 is 1.74 bits per heavy atom. The zero-order valence-corrected chi connectivity index (χ0v) is 10.9. The average Bonchev–Trinajstić information content (AvgIpc) is 2.39. The summed E-state index contributed by atoms with van der Waals surface area (Å²) in [5.41, 5.74) is 0.784. The Morgan fingerprint density at radius 3 is 2.42 bits per heavy atom. The van der Waals surface area contributed by atoms with Gasteiger partial charge >= 0.3 is 0 Å². The number of hydrogen-bond donors (Lipinski definition) is 0. The molecule has 0 aromatic heterocycles. The largest absolute Gasteiger partial charge is 0.298 e. The highest BCUT2D eigenvalue weighted by atomic mass is 32.2. The van der Waals surface area contributed by atoms with Gasteiger partial charge in [0.15, 0.2) is 0 Å². The number of carbonyl (C=O) groups excluding carboxylic acids is 1. The maximum Gasteiger partial charge on any atom is 0.147 e. The van der Waals surface area contributed by atoms with Crippen LogP contribution in [0, 0.1) is 11.6 Å². The molecule has 0 saturated carbocycles. The highest BCUT2D eigenvalue weighted by molar-refractivity contribution is 8.00. The first kappa shape index (κ1) is 13.7. The first-order valence-electron chi connectivity index (χ1n) is 5.78. The predicted octanol–water partition coefficient (Wildman–Crippen LogP) is 3.87. The van der Waals surface area contributed by atoms with E-state index in [-0.39, 0.29) is 29.6 Å². The SMILES string of the molecule is O=C(CSc1cccc(F)c1)Cc1ccc(F)cc1. The van der Waals surface area contributed by atoms with Crippen LogP contribution in [0.2, 0.25) is 0 Å². The summed E-state index contributed by atoms with van der Waals surface area (Å²) in [5.74, 6) is -0.317. The average molecular weight is 278 g/mol. The number of Topliss-reactive ketones (excluding diaryl/α,β-unsaturated/α-hetero) is 1. The van der Waals surface area contributed by atoms with Crippen LogP contribution in [0.4, 0.5) is 8.78 Å². The van der Waals surface area contributed by atoms with Crippen LogP contribution in [0.3, 0.4) is 0 Å². The third kappa shape index (κ3) is 4.48. The Labute approximate surface area is 114 Å².